The van der Waals surface area contributed by atoms with Gasteiger partial charge in [0.15, 0.2) is 0 Å². The molecule has 0 aliphatic carbocycles. The number of hydrogen-bond donors (Lipinski definition) is 0. The smallest absolute Gasteiger partial charge is 0.330 e. The van der Waals surface area contributed by atoms with Crippen LogP contribution in [0.2, 0.25) is 0 Å². The lowest BCUT2D eigenvalue weighted by atomic mass is 10.5. The molecule has 0 aromatic heterocycles. The fourth-order valence-corrected chi connectivity index (χ4v) is 3.04. The van der Waals surface area contributed by atoms with Gasteiger partial charge in [-0.3, -0.25) is 4.79 Å². The van der Waals surface area contributed by atoms with Gasteiger partial charge in [0.25, 0.3) is 0 Å². The van der Waals surface area contributed by atoms with Gasteiger partial charge in [0, 0.05) is 6.08 Å². The number of rotatable bonds is 40. The first-order chi connectivity index (χ1) is 23.2. The van der Waals surface area contributed by atoms with Gasteiger partial charge < -0.3 is 66.3 Å². The van der Waals surface area contributed by atoms with Crippen LogP contribution >= 0.6 is 0 Å². The second kappa shape index (κ2) is 40.4. The second-order valence-corrected chi connectivity index (χ2v) is 9.05. The van der Waals surface area contributed by atoms with Gasteiger partial charge in [0.05, 0.1) is 172 Å². The normalized spacial score (nSPS) is 11.2. The Morgan fingerprint density at radius 3 is 0.809 bits per heavy atom. The largest absolute Gasteiger partial charge is 0.469 e. The van der Waals surface area contributed by atoms with Crippen molar-refractivity contribution in [2.24, 2.45) is 0 Å². The average Bonchev–Trinajstić information content (AvgIpc) is 3.08. The highest BCUT2D eigenvalue weighted by Gasteiger charge is 2.00. The maximum atomic E-state index is 10.9. The highest BCUT2D eigenvalue weighted by atomic mass is 16.6. The first-order valence-electron chi connectivity index (χ1n) is 16.0. The molecule has 0 fully saturated rings. The fraction of sp³-hybridized carbons (Fsp3) is 0.871. The zero-order valence-corrected chi connectivity index (χ0v) is 28.2. The Kier molecular flexibility index (Phi) is 38.8. The van der Waals surface area contributed by atoms with Crippen LogP contribution in [0.5, 0.6) is 0 Å². The number of ether oxygens (including phenoxy) is 14. The summed E-state index contributed by atoms with van der Waals surface area (Å²) < 4.78 is 74.1. The fourth-order valence-electron chi connectivity index (χ4n) is 3.04. The zero-order valence-electron chi connectivity index (χ0n) is 28.2. The number of hydrogen-bond acceptors (Lipinski definition) is 16. The molecule has 0 rings (SSSR count). The van der Waals surface area contributed by atoms with Crippen LogP contribution in [-0.4, -0.2) is 184 Å². The quantitative estimate of drug-likeness (QED) is 0.0496. The number of carbonyl (C=O) groups excluding carboxylic acids is 2. The summed E-state index contributed by atoms with van der Waals surface area (Å²) in [5, 5.41) is 0. The van der Waals surface area contributed by atoms with Crippen molar-refractivity contribution in [3.63, 3.8) is 0 Å². The Hall–Kier alpha value is -1.80. The summed E-state index contributed by atoms with van der Waals surface area (Å²) in [5.74, 6) is -0.753. The van der Waals surface area contributed by atoms with Gasteiger partial charge in [-0.15, -0.1) is 0 Å². The van der Waals surface area contributed by atoms with Crippen LogP contribution < -0.4 is 0 Å². The first-order valence-corrected chi connectivity index (χ1v) is 16.0. The third kappa shape index (κ3) is 40.3. The minimum atomic E-state index is -0.463. The molecule has 0 atom stereocenters. The van der Waals surface area contributed by atoms with Crippen molar-refractivity contribution >= 4 is 11.9 Å². The Balaban J connectivity index is 3.07. The summed E-state index contributed by atoms with van der Waals surface area (Å²) >= 11 is 0. The van der Waals surface area contributed by atoms with Gasteiger partial charge in [-0.05, 0) is 0 Å². The van der Waals surface area contributed by atoms with Crippen molar-refractivity contribution < 1.29 is 75.9 Å². The standard InChI is InChI=1S/C31H58O16/c1-3-30(32)47-29-28-46-27-26-45-25-24-44-23-22-43-21-20-42-19-18-41-17-16-40-15-14-39-13-12-38-11-10-37-9-8-36-7-6-35-5-4-31(33)34-2/h3H,1,4-29H2,2H3. The van der Waals surface area contributed by atoms with Gasteiger partial charge in [0.2, 0.25) is 0 Å². The van der Waals surface area contributed by atoms with Crippen LogP contribution in [0.25, 0.3) is 0 Å². The maximum Gasteiger partial charge on any atom is 0.330 e. The monoisotopic (exact) mass is 686 g/mol. The highest BCUT2D eigenvalue weighted by molar-refractivity contribution is 5.81. The van der Waals surface area contributed by atoms with E-state index < -0.39 is 5.97 Å². The van der Waals surface area contributed by atoms with E-state index in [-0.39, 0.29) is 19.0 Å². The number of carbonyl (C=O) groups is 2. The molecule has 0 radical (unpaired) electrons. The van der Waals surface area contributed by atoms with Gasteiger partial charge >= 0.3 is 11.9 Å². The van der Waals surface area contributed by atoms with E-state index in [2.05, 4.69) is 11.3 Å². The Morgan fingerprint density at radius 2 is 0.596 bits per heavy atom. The molecule has 0 bridgehead atoms. The van der Waals surface area contributed by atoms with Crippen LogP contribution in [0.4, 0.5) is 0 Å². The third-order valence-corrected chi connectivity index (χ3v) is 5.41. The van der Waals surface area contributed by atoms with E-state index in [1.165, 1.54) is 7.11 Å². The van der Waals surface area contributed by atoms with Crippen LogP contribution in [0, 0.1) is 0 Å². The minimum absolute atomic E-state index is 0.194. The zero-order chi connectivity index (χ0) is 34.1. The summed E-state index contributed by atoms with van der Waals surface area (Å²) in [6.45, 7) is 14.5. The molecule has 0 aromatic rings. The average molecular weight is 687 g/mol. The SMILES string of the molecule is C=CC(=O)OCCOCCOCCOCCOCCOCCOCCOCCOCCOCCOCCOCCOCCC(=O)OC. The molecule has 0 saturated carbocycles. The van der Waals surface area contributed by atoms with Crippen molar-refractivity contribution in [1.29, 1.82) is 0 Å². The summed E-state index contributed by atoms with van der Waals surface area (Å²) in [6, 6.07) is 0. The lowest BCUT2D eigenvalue weighted by Gasteiger charge is -2.09. The molecule has 47 heavy (non-hydrogen) atoms. The number of methoxy groups -OCH3 is 1. The molecular formula is C31H58O16. The first kappa shape index (κ1) is 45.2. The predicted octanol–water partition coefficient (Wildman–Crippen LogP) is 0.478. The Bertz CT molecular complexity index is 669. The van der Waals surface area contributed by atoms with E-state index in [0.717, 1.165) is 6.08 Å². The van der Waals surface area contributed by atoms with E-state index >= 15 is 0 Å². The van der Waals surface area contributed by atoms with Gasteiger partial charge in [-0.25, -0.2) is 4.79 Å². The Labute approximate surface area is 279 Å². The van der Waals surface area contributed by atoms with E-state index in [1.54, 1.807) is 0 Å². The molecule has 0 aliphatic rings. The van der Waals surface area contributed by atoms with Crippen molar-refractivity contribution in [1.82, 2.24) is 0 Å². The third-order valence-electron chi connectivity index (χ3n) is 5.41. The molecule has 0 amide bonds. The summed E-state index contributed by atoms with van der Waals surface area (Å²) in [4.78, 5) is 21.8. The van der Waals surface area contributed by atoms with E-state index in [4.69, 9.17) is 61.6 Å². The molecule has 0 unspecified atom stereocenters. The lowest BCUT2D eigenvalue weighted by Crippen LogP contribution is -2.15. The second-order valence-electron chi connectivity index (χ2n) is 9.05. The maximum absolute atomic E-state index is 10.9. The molecule has 0 N–H and O–H groups in total. The molecule has 0 aliphatic heterocycles. The minimum Gasteiger partial charge on any atom is -0.469 e. The van der Waals surface area contributed by atoms with Gasteiger partial charge in [-0.1, -0.05) is 6.58 Å². The highest BCUT2D eigenvalue weighted by Crippen LogP contribution is 1.89. The van der Waals surface area contributed by atoms with Crippen LogP contribution in [0.3, 0.4) is 0 Å². The summed E-state index contributed by atoms with van der Waals surface area (Å²) in [6.07, 6.45) is 1.35. The molecule has 0 aromatic carbocycles. The topological polar surface area (TPSA) is 163 Å². The molecule has 16 heteroatoms. The summed E-state index contributed by atoms with van der Waals surface area (Å²) in [5.41, 5.74) is 0. The van der Waals surface area contributed by atoms with Crippen LogP contribution in [0.15, 0.2) is 12.7 Å². The molecular weight excluding hydrogens is 628 g/mol. The summed E-state index contributed by atoms with van der Waals surface area (Å²) in [7, 11) is 1.35. The molecule has 278 valence electrons. The van der Waals surface area contributed by atoms with Crippen molar-refractivity contribution in [3.8, 4) is 0 Å². The van der Waals surface area contributed by atoms with E-state index in [1.807, 2.05) is 0 Å². The molecule has 0 saturated heterocycles. The Morgan fingerprint density at radius 1 is 0.383 bits per heavy atom. The van der Waals surface area contributed by atoms with Gasteiger partial charge in [-0.2, -0.15) is 0 Å². The lowest BCUT2D eigenvalue weighted by molar-refractivity contribution is -0.142. The predicted molar refractivity (Wildman–Crippen MR) is 168 cm³/mol. The van der Waals surface area contributed by atoms with Crippen LogP contribution in [0.1, 0.15) is 6.42 Å². The van der Waals surface area contributed by atoms with Crippen molar-refractivity contribution in [2.75, 3.05) is 172 Å². The molecule has 0 spiro atoms. The van der Waals surface area contributed by atoms with Crippen LogP contribution in [-0.2, 0) is 75.9 Å². The van der Waals surface area contributed by atoms with E-state index in [0.29, 0.717) is 159 Å². The van der Waals surface area contributed by atoms with Crippen molar-refractivity contribution in [2.45, 2.75) is 6.42 Å². The van der Waals surface area contributed by atoms with Crippen molar-refractivity contribution in [3.05, 3.63) is 12.7 Å². The molecule has 0 heterocycles. The van der Waals surface area contributed by atoms with Gasteiger partial charge in [0.1, 0.15) is 6.61 Å². The van der Waals surface area contributed by atoms with E-state index in [9.17, 15) is 9.59 Å². The number of esters is 2. The molecule has 16 nitrogen and oxygen atoms in total.